The van der Waals surface area contributed by atoms with Crippen LogP contribution in [0.25, 0.3) is 0 Å². The first-order chi connectivity index (χ1) is 10.6. The fourth-order valence-corrected chi connectivity index (χ4v) is 1.91. The molecule has 0 saturated carbocycles. The van der Waals surface area contributed by atoms with Crippen molar-refractivity contribution in [2.24, 2.45) is 0 Å². The Hall–Kier alpha value is -2.89. The van der Waals surface area contributed by atoms with Crippen LogP contribution in [0.4, 0.5) is 10.5 Å². The second kappa shape index (κ2) is 7.21. The number of nitrogens with one attached hydrogen (secondary N) is 1. The number of ether oxygens (including phenoxy) is 1. The Labute approximate surface area is 127 Å². The molecule has 6 nitrogen and oxygen atoms in total. The van der Waals surface area contributed by atoms with E-state index in [1.807, 2.05) is 30.3 Å². The van der Waals surface area contributed by atoms with E-state index in [1.165, 1.54) is 12.1 Å². The molecule has 0 heterocycles. The number of carbonyl (C=O) groups is 1. The topological polar surface area (TPSA) is 81.5 Å². The number of hydrogen-bond acceptors (Lipinski definition) is 4. The van der Waals surface area contributed by atoms with Gasteiger partial charge in [0.05, 0.1) is 11.0 Å². The molecular weight excluding hydrogens is 284 g/mol. The maximum Gasteiger partial charge on any atom is 0.407 e. The molecular formula is C16H16N2O4. The lowest BCUT2D eigenvalue weighted by Crippen LogP contribution is -2.27. The van der Waals surface area contributed by atoms with E-state index in [2.05, 4.69) is 5.32 Å². The van der Waals surface area contributed by atoms with E-state index >= 15 is 0 Å². The van der Waals surface area contributed by atoms with Crippen molar-refractivity contribution < 1.29 is 14.5 Å². The average Bonchev–Trinajstić information content (AvgIpc) is 2.54. The Morgan fingerprint density at radius 2 is 1.82 bits per heavy atom. The second-order valence-corrected chi connectivity index (χ2v) is 4.78. The number of nitro groups is 1. The van der Waals surface area contributed by atoms with E-state index in [1.54, 1.807) is 19.1 Å². The number of rotatable bonds is 5. The molecule has 2 aromatic carbocycles. The van der Waals surface area contributed by atoms with Crippen molar-refractivity contribution in [1.29, 1.82) is 0 Å². The lowest BCUT2D eigenvalue weighted by atomic mass is 10.1. The van der Waals surface area contributed by atoms with Gasteiger partial charge in [0.15, 0.2) is 0 Å². The maximum atomic E-state index is 11.7. The summed E-state index contributed by atoms with van der Waals surface area (Å²) in [6.45, 7) is 1.98. The summed E-state index contributed by atoms with van der Waals surface area (Å²) in [6.07, 6.45) is -0.533. The summed E-state index contributed by atoms with van der Waals surface area (Å²) in [5.74, 6) is 0. The summed E-state index contributed by atoms with van der Waals surface area (Å²) in [6, 6.07) is 15.1. The van der Waals surface area contributed by atoms with Gasteiger partial charge in [-0.05, 0) is 18.1 Å². The zero-order valence-electron chi connectivity index (χ0n) is 12.1. The van der Waals surface area contributed by atoms with Crippen LogP contribution in [0.2, 0.25) is 0 Å². The molecule has 0 aliphatic heterocycles. The molecule has 0 radical (unpaired) electrons. The lowest BCUT2D eigenvalue weighted by molar-refractivity contribution is -0.384. The molecule has 0 fully saturated rings. The van der Waals surface area contributed by atoms with Crippen LogP contribution in [0.3, 0.4) is 0 Å². The third-order valence-corrected chi connectivity index (χ3v) is 3.15. The molecule has 0 aliphatic carbocycles. The summed E-state index contributed by atoms with van der Waals surface area (Å²) >= 11 is 0. The molecule has 1 N–H and O–H groups in total. The standard InChI is InChI=1S/C16H16N2O4/c1-12(14-7-9-15(10-8-14)18(20)21)17-16(19)22-11-13-5-3-2-4-6-13/h2-10,12H,11H2,1H3,(H,17,19)/t12-/m1/s1. The van der Waals surface area contributed by atoms with Crippen LogP contribution in [0.1, 0.15) is 24.1 Å². The highest BCUT2D eigenvalue weighted by molar-refractivity contribution is 5.67. The Kier molecular flexibility index (Phi) is 5.08. The minimum absolute atomic E-state index is 0.0163. The van der Waals surface area contributed by atoms with Gasteiger partial charge in [0.25, 0.3) is 5.69 Å². The number of hydrogen-bond donors (Lipinski definition) is 1. The van der Waals surface area contributed by atoms with Crippen molar-refractivity contribution >= 4 is 11.8 Å². The number of nitrogens with zero attached hydrogens (tertiary/aromatic N) is 1. The van der Waals surface area contributed by atoms with Crippen molar-refractivity contribution in [2.45, 2.75) is 19.6 Å². The zero-order chi connectivity index (χ0) is 15.9. The number of benzene rings is 2. The van der Waals surface area contributed by atoms with Gasteiger partial charge in [-0.3, -0.25) is 10.1 Å². The highest BCUT2D eigenvalue weighted by atomic mass is 16.6. The highest BCUT2D eigenvalue weighted by Gasteiger charge is 2.12. The Bertz CT molecular complexity index is 641. The van der Waals surface area contributed by atoms with Gasteiger partial charge in [0.2, 0.25) is 0 Å². The molecule has 0 aliphatic rings. The quantitative estimate of drug-likeness (QED) is 0.676. The first-order valence-electron chi connectivity index (χ1n) is 6.78. The number of amides is 1. The fraction of sp³-hybridized carbons (Fsp3) is 0.188. The second-order valence-electron chi connectivity index (χ2n) is 4.78. The van der Waals surface area contributed by atoms with Gasteiger partial charge in [-0.1, -0.05) is 42.5 Å². The molecule has 0 saturated heterocycles. The van der Waals surface area contributed by atoms with Gasteiger partial charge >= 0.3 is 6.09 Å². The molecule has 22 heavy (non-hydrogen) atoms. The first-order valence-corrected chi connectivity index (χ1v) is 6.78. The van der Waals surface area contributed by atoms with E-state index in [4.69, 9.17) is 4.74 Å². The molecule has 1 atom stereocenters. The van der Waals surface area contributed by atoms with E-state index in [9.17, 15) is 14.9 Å². The number of alkyl carbamates (subject to hydrolysis) is 1. The molecule has 114 valence electrons. The zero-order valence-corrected chi connectivity index (χ0v) is 12.1. The fourth-order valence-electron chi connectivity index (χ4n) is 1.91. The van der Waals surface area contributed by atoms with Crippen molar-refractivity contribution in [2.75, 3.05) is 0 Å². The van der Waals surface area contributed by atoms with Crippen LogP contribution in [0.5, 0.6) is 0 Å². The van der Waals surface area contributed by atoms with Crippen LogP contribution in [-0.4, -0.2) is 11.0 Å². The molecule has 0 bridgehead atoms. The van der Waals surface area contributed by atoms with E-state index in [-0.39, 0.29) is 18.3 Å². The maximum absolute atomic E-state index is 11.7. The van der Waals surface area contributed by atoms with Crippen LogP contribution in [0.15, 0.2) is 54.6 Å². The largest absolute Gasteiger partial charge is 0.445 e. The van der Waals surface area contributed by atoms with Gasteiger partial charge in [0, 0.05) is 12.1 Å². The van der Waals surface area contributed by atoms with Crippen LogP contribution < -0.4 is 5.32 Å². The Balaban J connectivity index is 1.86. The monoisotopic (exact) mass is 300 g/mol. The van der Waals surface area contributed by atoms with Crippen molar-refractivity contribution in [1.82, 2.24) is 5.32 Å². The van der Waals surface area contributed by atoms with Gasteiger partial charge in [-0.2, -0.15) is 0 Å². The van der Waals surface area contributed by atoms with Crippen LogP contribution >= 0.6 is 0 Å². The summed E-state index contributed by atoms with van der Waals surface area (Å²) in [5.41, 5.74) is 1.69. The highest BCUT2D eigenvalue weighted by Crippen LogP contribution is 2.17. The van der Waals surface area contributed by atoms with Gasteiger partial charge < -0.3 is 10.1 Å². The van der Waals surface area contributed by atoms with Gasteiger partial charge in [-0.25, -0.2) is 4.79 Å². The third kappa shape index (κ3) is 4.31. The molecule has 2 rings (SSSR count). The predicted octanol–water partition coefficient (Wildman–Crippen LogP) is 3.58. The van der Waals surface area contributed by atoms with E-state index in [0.717, 1.165) is 11.1 Å². The van der Waals surface area contributed by atoms with Crippen molar-refractivity contribution in [3.63, 3.8) is 0 Å². The molecule has 0 aromatic heterocycles. The molecule has 6 heteroatoms. The van der Waals surface area contributed by atoms with Crippen molar-refractivity contribution in [3.8, 4) is 0 Å². The first kappa shape index (κ1) is 15.5. The number of non-ortho nitro benzene ring substituents is 1. The smallest absolute Gasteiger partial charge is 0.407 e. The molecule has 0 unspecified atom stereocenters. The number of carbonyl (C=O) groups excluding carboxylic acids is 1. The predicted molar refractivity (Wildman–Crippen MR) is 81.3 cm³/mol. The summed E-state index contributed by atoms with van der Waals surface area (Å²) in [7, 11) is 0. The number of nitro benzene ring substituents is 1. The van der Waals surface area contributed by atoms with E-state index in [0.29, 0.717) is 0 Å². The summed E-state index contributed by atoms with van der Waals surface area (Å²) in [5, 5.41) is 13.3. The van der Waals surface area contributed by atoms with Crippen molar-refractivity contribution in [3.05, 3.63) is 75.8 Å². The minimum Gasteiger partial charge on any atom is -0.445 e. The van der Waals surface area contributed by atoms with Gasteiger partial charge in [0.1, 0.15) is 6.61 Å². The van der Waals surface area contributed by atoms with E-state index < -0.39 is 11.0 Å². The van der Waals surface area contributed by atoms with Gasteiger partial charge in [-0.15, -0.1) is 0 Å². The normalized spacial score (nSPS) is 11.5. The van der Waals surface area contributed by atoms with Crippen LogP contribution in [-0.2, 0) is 11.3 Å². The third-order valence-electron chi connectivity index (χ3n) is 3.15. The average molecular weight is 300 g/mol. The molecule has 0 spiro atoms. The van der Waals surface area contributed by atoms with Crippen LogP contribution in [0, 0.1) is 10.1 Å². The SMILES string of the molecule is C[C@@H](NC(=O)OCc1ccccc1)c1ccc([N+](=O)[O-])cc1. The minimum atomic E-state index is -0.533. The molecule has 1 amide bonds. The lowest BCUT2D eigenvalue weighted by Gasteiger charge is -2.14. The summed E-state index contributed by atoms with van der Waals surface area (Å²) < 4.78 is 5.12. The molecule has 2 aromatic rings. The summed E-state index contributed by atoms with van der Waals surface area (Å²) in [4.78, 5) is 21.9. The Morgan fingerprint density at radius 1 is 1.18 bits per heavy atom. The Morgan fingerprint density at radius 3 is 2.41 bits per heavy atom.